The fraction of sp³-hybridized carbons (Fsp3) is 0.591. The number of ether oxygens (including phenoxy) is 3. The number of aliphatic hydroxyl groups is 1. The second kappa shape index (κ2) is 8.30. The molecule has 9 nitrogen and oxygen atoms in total. The van der Waals surface area contributed by atoms with Crippen molar-refractivity contribution in [3.8, 4) is 6.01 Å². The minimum absolute atomic E-state index is 0.259. The van der Waals surface area contributed by atoms with Crippen molar-refractivity contribution in [2.75, 3.05) is 13.2 Å². The predicted molar refractivity (Wildman–Crippen MR) is 116 cm³/mol. The summed E-state index contributed by atoms with van der Waals surface area (Å²) in [5.41, 5.74) is 3.10. The second-order valence-corrected chi connectivity index (χ2v) is 9.38. The first-order valence-electron chi connectivity index (χ1n) is 11.3. The van der Waals surface area contributed by atoms with Crippen LogP contribution in [-0.4, -0.2) is 67.5 Å². The van der Waals surface area contributed by atoms with Crippen molar-refractivity contribution >= 4 is 22.8 Å². The summed E-state index contributed by atoms with van der Waals surface area (Å²) >= 11 is 6.49. The molecule has 2 N–H and O–H groups in total. The van der Waals surface area contributed by atoms with Gasteiger partial charge in [-0.15, -0.1) is 0 Å². The van der Waals surface area contributed by atoms with E-state index in [1.165, 1.54) is 19.3 Å². The molecule has 0 bridgehead atoms. The summed E-state index contributed by atoms with van der Waals surface area (Å²) in [7, 11) is 0. The first-order chi connectivity index (χ1) is 15.6. The van der Waals surface area contributed by atoms with Crippen LogP contribution in [0.2, 0.25) is 5.02 Å². The lowest BCUT2D eigenvalue weighted by molar-refractivity contribution is 0.00706. The van der Waals surface area contributed by atoms with Crippen LogP contribution in [0.3, 0.4) is 0 Å². The number of nitrogens with zero attached hydrogens (tertiary/aromatic N) is 4. The zero-order chi connectivity index (χ0) is 21.7. The van der Waals surface area contributed by atoms with E-state index in [1.54, 1.807) is 0 Å². The van der Waals surface area contributed by atoms with Gasteiger partial charge in [-0.05, 0) is 43.7 Å². The van der Waals surface area contributed by atoms with Gasteiger partial charge >= 0.3 is 0 Å². The van der Waals surface area contributed by atoms with Crippen LogP contribution in [0.25, 0.3) is 11.2 Å². The lowest BCUT2D eigenvalue weighted by Crippen LogP contribution is -2.34. The normalized spacial score (nSPS) is 27.7. The number of rotatable bonds is 7. The lowest BCUT2D eigenvalue weighted by Gasteiger charge is -2.24. The Hall–Kier alpha value is -2.20. The Labute approximate surface area is 190 Å². The van der Waals surface area contributed by atoms with E-state index in [2.05, 4.69) is 31.9 Å². The molecule has 3 fully saturated rings. The van der Waals surface area contributed by atoms with Crippen molar-refractivity contribution in [2.45, 2.75) is 63.1 Å². The molecule has 4 atom stereocenters. The molecule has 0 amide bonds. The Morgan fingerprint density at radius 1 is 1.19 bits per heavy atom. The molecule has 10 heteroatoms. The number of H-pyrrole nitrogens is 1. The van der Waals surface area contributed by atoms with Crippen molar-refractivity contribution in [2.24, 2.45) is 5.92 Å². The summed E-state index contributed by atoms with van der Waals surface area (Å²) in [6.07, 6.45) is 5.90. The number of pyridine rings is 1. The highest BCUT2D eigenvalue weighted by Crippen LogP contribution is 2.30. The molecular weight excluding hydrogens is 434 g/mol. The first-order valence-corrected chi connectivity index (χ1v) is 11.7. The summed E-state index contributed by atoms with van der Waals surface area (Å²) in [6.45, 7) is 1.61. The molecule has 0 unspecified atom stereocenters. The maximum atomic E-state index is 9.89. The summed E-state index contributed by atoms with van der Waals surface area (Å²) in [5.74, 6) is 0.782. The molecule has 1 aliphatic carbocycles. The lowest BCUT2D eigenvalue weighted by atomic mass is 9.85. The summed E-state index contributed by atoms with van der Waals surface area (Å²) < 4.78 is 19.2. The Balaban J connectivity index is 1.12. The molecule has 3 aromatic heterocycles. The number of fused-ring (bicyclic) bond motifs is 2. The number of hydrogen-bond donors (Lipinski definition) is 2. The molecule has 0 spiro atoms. The quantitative estimate of drug-likeness (QED) is 0.558. The minimum Gasteiger partial charge on any atom is -0.456 e. The van der Waals surface area contributed by atoms with Gasteiger partial charge in [-0.1, -0.05) is 18.0 Å². The van der Waals surface area contributed by atoms with Crippen LogP contribution < -0.4 is 4.74 Å². The number of hydrogen-bond acceptors (Lipinski definition) is 7. The van der Waals surface area contributed by atoms with Gasteiger partial charge in [0.15, 0.2) is 11.8 Å². The smallest absolute Gasteiger partial charge is 0.296 e. The molecule has 1 saturated carbocycles. The highest BCUT2D eigenvalue weighted by molar-refractivity contribution is 6.31. The standard InChI is InChI=1S/C22H26ClN5O4/c23-14-8-16-21(26-22(25-16)32-18-11-31-19-17(29)10-30-20(18)19)24-15(14)5-4-13-6-7-28(27-13)9-12-2-1-3-12/h6-8,12,17-20,29H,1-5,9-11H2,(H,24,25,26)/t17-,18-,19-,20-/m1/s1. The molecule has 2 saturated heterocycles. The number of halogens is 1. The molecule has 170 valence electrons. The summed E-state index contributed by atoms with van der Waals surface area (Å²) in [5, 5.41) is 15.2. The van der Waals surface area contributed by atoms with E-state index in [0.717, 1.165) is 30.3 Å². The maximum absolute atomic E-state index is 9.89. The van der Waals surface area contributed by atoms with E-state index < -0.39 is 6.10 Å². The Morgan fingerprint density at radius 2 is 2.06 bits per heavy atom. The molecular formula is C22H26ClN5O4. The van der Waals surface area contributed by atoms with E-state index >= 15 is 0 Å². The molecule has 3 aliphatic rings. The van der Waals surface area contributed by atoms with Crippen molar-refractivity contribution in [1.82, 2.24) is 24.7 Å². The van der Waals surface area contributed by atoms with Gasteiger partial charge in [0.05, 0.1) is 35.1 Å². The average molecular weight is 460 g/mol. The zero-order valence-corrected chi connectivity index (χ0v) is 18.4. The van der Waals surface area contributed by atoms with Crippen LogP contribution in [-0.2, 0) is 28.9 Å². The first kappa shape index (κ1) is 20.4. The van der Waals surface area contributed by atoms with Crippen LogP contribution in [0.4, 0.5) is 0 Å². The van der Waals surface area contributed by atoms with Crippen molar-refractivity contribution in [3.63, 3.8) is 0 Å². The highest BCUT2D eigenvalue weighted by Gasteiger charge is 2.48. The minimum atomic E-state index is -0.614. The Bertz CT molecular complexity index is 1110. The third-order valence-electron chi connectivity index (χ3n) is 6.71. The third kappa shape index (κ3) is 3.87. The van der Waals surface area contributed by atoms with E-state index in [9.17, 15) is 5.11 Å². The Kier molecular flexibility index (Phi) is 5.29. The number of nitrogens with one attached hydrogen (secondary N) is 1. The number of aromatic amines is 1. The van der Waals surface area contributed by atoms with E-state index in [4.69, 9.17) is 30.9 Å². The fourth-order valence-corrected chi connectivity index (χ4v) is 4.92. The summed E-state index contributed by atoms with van der Waals surface area (Å²) in [4.78, 5) is 12.2. The fourth-order valence-electron chi connectivity index (χ4n) is 4.68. The summed E-state index contributed by atoms with van der Waals surface area (Å²) in [6, 6.07) is 4.25. The van der Waals surface area contributed by atoms with E-state index in [0.29, 0.717) is 35.2 Å². The topological polar surface area (TPSA) is 107 Å². The zero-order valence-electron chi connectivity index (χ0n) is 17.6. The molecule has 0 aromatic carbocycles. The van der Waals surface area contributed by atoms with Gasteiger partial charge in [-0.3, -0.25) is 4.68 Å². The van der Waals surface area contributed by atoms with Crippen LogP contribution >= 0.6 is 11.6 Å². The Morgan fingerprint density at radius 3 is 2.91 bits per heavy atom. The van der Waals surface area contributed by atoms with Gasteiger partial charge in [-0.25, -0.2) is 4.98 Å². The van der Waals surface area contributed by atoms with E-state index in [1.807, 2.05) is 6.07 Å². The van der Waals surface area contributed by atoms with E-state index in [-0.39, 0.29) is 24.9 Å². The monoisotopic (exact) mass is 459 g/mol. The average Bonchev–Trinajstić information content (AvgIpc) is 3.50. The molecule has 5 heterocycles. The number of aryl methyl sites for hydroxylation is 2. The third-order valence-corrected chi connectivity index (χ3v) is 7.03. The highest BCUT2D eigenvalue weighted by atomic mass is 35.5. The largest absolute Gasteiger partial charge is 0.456 e. The number of aromatic nitrogens is 5. The van der Waals surface area contributed by atoms with Crippen molar-refractivity contribution in [3.05, 3.63) is 34.7 Å². The van der Waals surface area contributed by atoms with Crippen LogP contribution in [0.1, 0.15) is 30.7 Å². The van der Waals surface area contributed by atoms with Crippen LogP contribution in [0, 0.1) is 5.92 Å². The molecule has 3 aromatic rings. The van der Waals surface area contributed by atoms with Gasteiger partial charge in [-0.2, -0.15) is 10.1 Å². The number of aliphatic hydroxyl groups excluding tert-OH is 1. The molecule has 6 rings (SSSR count). The SMILES string of the molecule is O[C@@H]1CO[C@H]2[C@@H]1OC[C@H]2Oc1nc2nc(CCc3ccn(CC4CCC4)n3)c(Cl)cc2[nH]1. The van der Waals surface area contributed by atoms with Crippen molar-refractivity contribution < 1.29 is 19.3 Å². The van der Waals surface area contributed by atoms with Gasteiger partial charge in [0.2, 0.25) is 0 Å². The predicted octanol–water partition coefficient (Wildman–Crippen LogP) is 2.30. The number of imidazole rings is 1. The molecule has 2 aliphatic heterocycles. The molecule has 0 radical (unpaired) electrons. The second-order valence-electron chi connectivity index (χ2n) is 8.98. The van der Waals surface area contributed by atoms with Crippen molar-refractivity contribution in [1.29, 1.82) is 0 Å². The van der Waals surface area contributed by atoms with Gasteiger partial charge < -0.3 is 24.3 Å². The maximum Gasteiger partial charge on any atom is 0.296 e. The van der Waals surface area contributed by atoms with Gasteiger partial charge in [0, 0.05) is 12.7 Å². The van der Waals surface area contributed by atoms with Gasteiger partial charge in [0.25, 0.3) is 6.01 Å². The van der Waals surface area contributed by atoms with Gasteiger partial charge in [0.1, 0.15) is 18.3 Å². The molecule has 32 heavy (non-hydrogen) atoms. The van der Waals surface area contributed by atoms with Crippen LogP contribution in [0.5, 0.6) is 6.01 Å². The van der Waals surface area contributed by atoms with Crippen LogP contribution in [0.15, 0.2) is 18.3 Å².